The topological polar surface area (TPSA) is 101 Å². The molecule has 176 valence electrons. The Kier molecular flexibility index (Phi) is 7.36. The number of aromatic nitrogens is 2. The summed E-state index contributed by atoms with van der Waals surface area (Å²) in [4.78, 5) is 25.5. The first kappa shape index (κ1) is 23.6. The van der Waals surface area contributed by atoms with Crippen LogP contribution < -0.4 is 16.0 Å². The van der Waals surface area contributed by atoms with Gasteiger partial charge in [-0.25, -0.2) is 14.4 Å². The van der Waals surface area contributed by atoms with Crippen molar-refractivity contribution < 1.29 is 13.9 Å². The van der Waals surface area contributed by atoms with E-state index in [0.29, 0.717) is 45.6 Å². The van der Waals surface area contributed by atoms with Gasteiger partial charge in [-0.15, -0.1) is 0 Å². The Bertz CT molecular complexity index is 1190. The van der Waals surface area contributed by atoms with E-state index in [2.05, 4.69) is 60.7 Å². The summed E-state index contributed by atoms with van der Waals surface area (Å²) in [5.41, 5.74) is 1.87. The van der Waals surface area contributed by atoms with E-state index in [1.165, 1.54) is 12.1 Å². The first-order valence-corrected chi connectivity index (χ1v) is 11.6. The zero-order valence-corrected chi connectivity index (χ0v) is 20.3. The Labute approximate surface area is 205 Å². The van der Waals surface area contributed by atoms with E-state index < -0.39 is 0 Å². The summed E-state index contributed by atoms with van der Waals surface area (Å²) in [7, 11) is 0. The largest absolute Gasteiger partial charge is 0.460 e. The van der Waals surface area contributed by atoms with Gasteiger partial charge in [0, 0.05) is 23.1 Å². The highest BCUT2D eigenvalue weighted by Gasteiger charge is 2.22. The van der Waals surface area contributed by atoms with Crippen LogP contribution in [0, 0.1) is 11.7 Å². The maximum Gasteiger partial charge on any atom is 0.292 e. The van der Waals surface area contributed by atoms with Crippen molar-refractivity contribution in [3.8, 4) is 0 Å². The van der Waals surface area contributed by atoms with Gasteiger partial charge in [0.15, 0.2) is 0 Å². The number of aliphatic imine (C=N–C) groups is 1. The number of carbonyl (C=O) groups is 1. The second-order valence-corrected chi connectivity index (χ2v) is 9.05. The molecule has 0 saturated heterocycles. The Hall–Kier alpha value is -3.53. The first-order chi connectivity index (χ1) is 16.4. The van der Waals surface area contributed by atoms with Gasteiger partial charge < -0.3 is 15.4 Å². The van der Waals surface area contributed by atoms with Gasteiger partial charge in [-0.1, -0.05) is 13.8 Å². The van der Waals surface area contributed by atoms with Crippen LogP contribution >= 0.6 is 15.9 Å². The molecule has 3 aromatic rings. The van der Waals surface area contributed by atoms with Crippen molar-refractivity contribution in [1.82, 2.24) is 15.3 Å². The summed E-state index contributed by atoms with van der Waals surface area (Å²) in [5.74, 6) is 0.773. The third-order valence-corrected chi connectivity index (χ3v) is 5.51. The second kappa shape index (κ2) is 10.6. The number of ether oxygens (including phenoxy) is 1. The molecular weight excluding hydrogens is 503 g/mol. The molecule has 0 saturated carbocycles. The highest BCUT2D eigenvalue weighted by Crippen LogP contribution is 2.25. The smallest absolute Gasteiger partial charge is 0.292 e. The number of benzene rings is 2. The van der Waals surface area contributed by atoms with Crippen molar-refractivity contribution in [2.45, 2.75) is 26.4 Å². The monoisotopic (exact) mass is 526 g/mol. The fourth-order valence-electron chi connectivity index (χ4n) is 3.32. The SMILES string of the molecule is CC(C)CC1CN=C(NC(=O)c2ccc(Nc3ncc(Br)c(Nc4ccc(F)cc4)n3)cc2)O1. The van der Waals surface area contributed by atoms with E-state index in [-0.39, 0.29) is 23.9 Å². The Morgan fingerprint density at radius 3 is 2.50 bits per heavy atom. The molecule has 1 aliphatic rings. The van der Waals surface area contributed by atoms with Crippen LogP contribution in [0.25, 0.3) is 0 Å². The number of nitrogens with zero attached hydrogens (tertiary/aromatic N) is 3. The lowest BCUT2D eigenvalue weighted by molar-refractivity contribution is 0.0960. The fraction of sp³-hybridized carbons (Fsp3) is 0.250. The minimum atomic E-state index is -0.314. The molecule has 1 amide bonds. The standard InChI is InChI=1S/C24H24BrFN6O2/c1-14(2)11-19-12-28-24(34-19)32-22(33)15-3-7-18(8-4-15)30-23-27-13-20(25)21(31-23)29-17-9-5-16(26)6-10-17/h3-10,13-14,19H,11-12H2,1-2H3,(H,28,32,33)(H2,27,29,30,31). The van der Waals surface area contributed by atoms with Crippen LogP contribution in [-0.4, -0.2) is 34.5 Å². The lowest BCUT2D eigenvalue weighted by Crippen LogP contribution is -2.32. The van der Waals surface area contributed by atoms with Gasteiger partial charge in [-0.05, 0) is 76.8 Å². The molecule has 1 aromatic heterocycles. The summed E-state index contributed by atoms with van der Waals surface area (Å²) in [6, 6.07) is 13.1. The number of amides is 1. The normalized spacial score (nSPS) is 15.0. The highest BCUT2D eigenvalue weighted by atomic mass is 79.9. The molecule has 10 heteroatoms. The molecule has 8 nitrogen and oxygen atoms in total. The third-order valence-electron chi connectivity index (χ3n) is 4.93. The lowest BCUT2D eigenvalue weighted by Gasteiger charge is -2.13. The van der Waals surface area contributed by atoms with Crippen molar-refractivity contribution in [3.05, 3.63) is 70.6 Å². The van der Waals surface area contributed by atoms with Crippen molar-refractivity contribution in [3.63, 3.8) is 0 Å². The second-order valence-electron chi connectivity index (χ2n) is 8.19. The number of rotatable bonds is 7. The Morgan fingerprint density at radius 2 is 1.79 bits per heavy atom. The van der Waals surface area contributed by atoms with Crippen LogP contribution in [0.15, 0.2) is 64.2 Å². The third kappa shape index (κ3) is 6.28. The van der Waals surface area contributed by atoms with Crippen molar-refractivity contribution in [2.24, 2.45) is 10.9 Å². The molecule has 1 aliphatic heterocycles. The van der Waals surface area contributed by atoms with Crippen LogP contribution in [0.1, 0.15) is 30.6 Å². The van der Waals surface area contributed by atoms with E-state index in [9.17, 15) is 9.18 Å². The summed E-state index contributed by atoms with van der Waals surface area (Å²) in [5, 5.41) is 8.94. The van der Waals surface area contributed by atoms with E-state index >= 15 is 0 Å². The van der Waals surface area contributed by atoms with Crippen LogP contribution in [-0.2, 0) is 4.74 Å². The maximum atomic E-state index is 13.1. The van der Waals surface area contributed by atoms with Gasteiger partial charge in [0.2, 0.25) is 5.95 Å². The number of halogens is 2. The van der Waals surface area contributed by atoms with Crippen LogP contribution in [0.5, 0.6) is 0 Å². The summed E-state index contributed by atoms with van der Waals surface area (Å²) >= 11 is 3.41. The molecular formula is C24H24BrFN6O2. The van der Waals surface area contributed by atoms with Crippen LogP contribution in [0.3, 0.4) is 0 Å². The minimum absolute atomic E-state index is 0.00947. The molecule has 2 heterocycles. The molecule has 0 spiro atoms. The number of carbonyl (C=O) groups excluding carboxylic acids is 1. The Morgan fingerprint density at radius 1 is 1.12 bits per heavy atom. The molecule has 2 aromatic carbocycles. The molecule has 4 rings (SSSR count). The number of hydrogen-bond acceptors (Lipinski definition) is 7. The molecule has 0 fully saturated rings. The van der Waals surface area contributed by atoms with Gasteiger partial charge in [0.1, 0.15) is 17.7 Å². The zero-order valence-electron chi connectivity index (χ0n) is 18.7. The molecule has 0 aliphatic carbocycles. The van der Waals surface area contributed by atoms with E-state index in [1.807, 2.05) is 0 Å². The summed E-state index contributed by atoms with van der Waals surface area (Å²) in [6.07, 6.45) is 2.51. The first-order valence-electron chi connectivity index (χ1n) is 10.8. The molecule has 1 atom stereocenters. The highest BCUT2D eigenvalue weighted by molar-refractivity contribution is 9.10. The minimum Gasteiger partial charge on any atom is -0.460 e. The van der Waals surface area contributed by atoms with Gasteiger partial charge in [-0.3, -0.25) is 10.1 Å². The number of nitrogens with one attached hydrogen (secondary N) is 3. The van der Waals surface area contributed by atoms with Gasteiger partial charge >= 0.3 is 0 Å². The summed E-state index contributed by atoms with van der Waals surface area (Å²) in [6.45, 7) is 4.80. The van der Waals surface area contributed by atoms with Crippen LogP contribution in [0.4, 0.5) is 27.5 Å². The molecule has 0 bridgehead atoms. The molecule has 34 heavy (non-hydrogen) atoms. The Balaban J connectivity index is 1.36. The van der Waals surface area contributed by atoms with Gasteiger partial charge in [-0.2, -0.15) is 4.98 Å². The number of anilines is 4. The molecule has 0 radical (unpaired) electrons. The van der Waals surface area contributed by atoms with E-state index in [1.54, 1.807) is 42.6 Å². The number of amidine groups is 1. The van der Waals surface area contributed by atoms with Crippen LogP contribution in [0.2, 0.25) is 0 Å². The average molecular weight is 527 g/mol. The fourth-order valence-corrected chi connectivity index (χ4v) is 3.61. The predicted molar refractivity (Wildman–Crippen MR) is 133 cm³/mol. The van der Waals surface area contributed by atoms with Crippen molar-refractivity contribution >= 4 is 51.0 Å². The quantitative estimate of drug-likeness (QED) is 0.381. The van der Waals surface area contributed by atoms with Gasteiger partial charge in [0.05, 0.1) is 11.0 Å². The summed E-state index contributed by atoms with van der Waals surface area (Å²) < 4.78 is 19.5. The average Bonchev–Trinajstić information content (AvgIpc) is 3.24. The zero-order chi connectivity index (χ0) is 24.1. The molecule has 3 N–H and O–H groups in total. The van der Waals surface area contributed by atoms with E-state index in [0.717, 1.165) is 6.42 Å². The molecule has 1 unspecified atom stereocenters. The maximum absolute atomic E-state index is 13.1. The lowest BCUT2D eigenvalue weighted by atomic mass is 10.1. The number of hydrogen-bond donors (Lipinski definition) is 3. The van der Waals surface area contributed by atoms with Crippen molar-refractivity contribution in [2.75, 3.05) is 17.2 Å². The van der Waals surface area contributed by atoms with Crippen molar-refractivity contribution in [1.29, 1.82) is 0 Å². The predicted octanol–water partition coefficient (Wildman–Crippen LogP) is 5.40. The van der Waals surface area contributed by atoms with Gasteiger partial charge in [0.25, 0.3) is 11.9 Å². The van der Waals surface area contributed by atoms with E-state index in [4.69, 9.17) is 4.74 Å².